The molecule has 0 radical (unpaired) electrons. The predicted octanol–water partition coefficient (Wildman–Crippen LogP) is 11.1. The minimum atomic E-state index is -0.221. The first-order chi connectivity index (χ1) is 23.3. The van der Waals surface area contributed by atoms with Crippen LogP contribution in [0.25, 0.3) is 39.1 Å². The molecule has 9 rings (SSSR count). The summed E-state index contributed by atoms with van der Waals surface area (Å²) in [7, 11) is 0. The van der Waals surface area contributed by atoms with Crippen molar-refractivity contribution in [1.29, 1.82) is 0 Å². The van der Waals surface area contributed by atoms with Gasteiger partial charge in [-0.3, -0.25) is 4.99 Å². The Morgan fingerprint density at radius 1 is 0.458 bits per heavy atom. The average molecular weight is 619 g/mol. The second-order valence-corrected chi connectivity index (χ2v) is 14.5. The number of benzene rings is 6. The minimum Gasteiger partial charge on any atom is -0.360 e. The standard InChI is InChI=1S/C46H38N2/c1-45(2)38-16-10-8-14-34(38)36-24-22-32(26-40(36)45)42-28-43(33-23-25-37-35-15-9-11-17-39(35)46(3,4)41(37)27-33)48-44(47-42)31-20-18-30(19-21-31)29-12-6-5-7-13-29/h5-28,44,47H,1-4H3. The summed E-state index contributed by atoms with van der Waals surface area (Å²) >= 11 is 0. The van der Waals surface area contributed by atoms with Crippen LogP contribution in [0.3, 0.4) is 0 Å². The van der Waals surface area contributed by atoms with Gasteiger partial charge in [0.1, 0.15) is 6.17 Å². The van der Waals surface area contributed by atoms with Crippen LogP contribution in [-0.4, -0.2) is 5.71 Å². The molecule has 1 N–H and O–H groups in total. The molecule has 0 amide bonds. The molecule has 2 nitrogen and oxygen atoms in total. The summed E-state index contributed by atoms with van der Waals surface area (Å²) in [6, 6.07) is 51.0. The SMILES string of the molecule is CC1(C)c2ccccc2-c2ccc(C3=CC(c4ccc5c(c4)C(C)(C)c4ccccc4-5)=NC(c4ccc(-c5ccccc5)cc4)N3)cc21. The number of fused-ring (bicyclic) bond motifs is 6. The smallest absolute Gasteiger partial charge is 0.145 e. The van der Waals surface area contributed by atoms with E-state index in [9.17, 15) is 0 Å². The van der Waals surface area contributed by atoms with Gasteiger partial charge in [0.05, 0.1) is 5.71 Å². The first-order valence-corrected chi connectivity index (χ1v) is 17.0. The van der Waals surface area contributed by atoms with Crippen molar-refractivity contribution in [2.75, 3.05) is 0 Å². The number of rotatable bonds is 4. The van der Waals surface area contributed by atoms with Gasteiger partial charge in [0.25, 0.3) is 0 Å². The molecule has 0 fully saturated rings. The maximum absolute atomic E-state index is 5.39. The van der Waals surface area contributed by atoms with Gasteiger partial charge in [-0.1, -0.05) is 155 Å². The molecule has 0 spiro atoms. The Morgan fingerprint density at radius 2 is 0.938 bits per heavy atom. The molecule has 1 atom stereocenters. The molecule has 48 heavy (non-hydrogen) atoms. The zero-order chi connectivity index (χ0) is 32.6. The molecule has 1 aliphatic heterocycles. The van der Waals surface area contributed by atoms with Gasteiger partial charge < -0.3 is 5.32 Å². The quantitative estimate of drug-likeness (QED) is 0.209. The van der Waals surface area contributed by atoms with E-state index in [1.165, 1.54) is 61.2 Å². The number of aliphatic imine (C=N–C) groups is 1. The lowest BCUT2D eigenvalue weighted by Gasteiger charge is -2.27. The van der Waals surface area contributed by atoms with Crippen molar-refractivity contribution in [3.8, 4) is 33.4 Å². The molecule has 2 heteroatoms. The second kappa shape index (κ2) is 10.5. The van der Waals surface area contributed by atoms with Crippen LogP contribution in [0.5, 0.6) is 0 Å². The summed E-state index contributed by atoms with van der Waals surface area (Å²) in [4.78, 5) is 5.39. The Kier molecular flexibility index (Phi) is 6.30. The van der Waals surface area contributed by atoms with Gasteiger partial charge in [-0.25, -0.2) is 0 Å². The highest BCUT2D eigenvalue weighted by atomic mass is 15.1. The Balaban J connectivity index is 1.15. The van der Waals surface area contributed by atoms with Crippen LogP contribution in [-0.2, 0) is 10.8 Å². The molecule has 0 bridgehead atoms. The highest BCUT2D eigenvalue weighted by molar-refractivity contribution is 6.13. The van der Waals surface area contributed by atoms with Gasteiger partial charge in [0, 0.05) is 22.1 Å². The predicted molar refractivity (Wildman–Crippen MR) is 200 cm³/mol. The molecule has 2 aliphatic carbocycles. The average Bonchev–Trinajstić information content (AvgIpc) is 3.51. The topological polar surface area (TPSA) is 24.4 Å². The molecular weight excluding hydrogens is 581 g/mol. The normalized spacial score (nSPS) is 17.7. The van der Waals surface area contributed by atoms with Crippen LogP contribution in [0.2, 0.25) is 0 Å². The minimum absolute atomic E-state index is 0.0681. The lowest BCUT2D eigenvalue weighted by molar-refractivity contribution is 0.655. The molecule has 0 saturated heterocycles. The van der Waals surface area contributed by atoms with Gasteiger partial charge in [-0.2, -0.15) is 0 Å². The molecule has 0 saturated carbocycles. The largest absolute Gasteiger partial charge is 0.360 e. The summed E-state index contributed by atoms with van der Waals surface area (Å²) < 4.78 is 0. The van der Waals surface area contributed by atoms with Gasteiger partial charge >= 0.3 is 0 Å². The molecule has 3 aliphatic rings. The molecular formula is C46H38N2. The van der Waals surface area contributed by atoms with E-state index in [1.54, 1.807) is 0 Å². The lowest BCUT2D eigenvalue weighted by Crippen LogP contribution is -2.25. The number of hydrogen-bond donors (Lipinski definition) is 1. The van der Waals surface area contributed by atoms with Gasteiger partial charge in [0.2, 0.25) is 0 Å². The zero-order valence-electron chi connectivity index (χ0n) is 27.9. The Bertz CT molecular complexity index is 2300. The molecule has 1 unspecified atom stereocenters. The van der Waals surface area contributed by atoms with Gasteiger partial charge in [-0.05, 0) is 85.0 Å². The first kappa shape index (κ1) is 28.7. The molecule has 6 aromatic rings. The third kappa shape index (κ3) is 4.36. The highest BCUT2D eigenvalue weighted by Gasteiger charge is 2.37. The van der Waals surface area contributed by atoms with Crippen molar-refractivity contribution in [2.24, 2.45) is 4.99 Å². The summed E-state index contributed by atoms with van der Waals surface area (Å²) in [5.74, 6) is 0. The van der Waals surface area contributed by atoms with E-state index in [-0.39, 0.29) is 17.0 Å². The molecule has 0 aromatic heterocycles. The lowest BCUT2D eigenvalue weighted by atomic mass is 9.81. The number of hydrogen-bond acceptors (Lipinski definition) is 2. The van der Waals surface area contributed by atoms with Crippen molar-refractivity contribution in [3.63, 3.8) is 0 Å². The Morgan fingerprint density at radius 3 is 1.56 bits per heavy atom. The third-order valence-corrected chi connectivity index (χ3v) is 10.9. The fourth-order valence-electron chi connectivity index (χ4n) is 8.24. The fourth-order valence-corrected chi connectivity index (χ4v) is 8.24. The fraction of sp³-hybridized carbons (Fsp3) is 0.152. The maximum atomic E-state index is 5.39. The first-order valence-electron chi connectivity index (χ1n) is 17.0. The number of allylic oxidation sites excluding steroid dienone is 1. The summed E-state index contributed by atoms with van der Waals surface area (Å²) in [5, 5.41) is 3.84. The molecule has 1 heterocycles. The van der Waals surface area contributed by atoms with Gasteiger partial charge in [0.15, 0.2) is 0 Å². The molecule has 6 aromatic carbocycles. The maximum Gasteiger partial charge on any atom is 0.145 e. The zero-order valence-corrected chi connectivity index (χ0v) is 27.9. The highest BCUT2D eigenvalue weighted by Crippen LogP contribution is 2.50. The van der Waals surface area contributed by atoms with E-state index >= 15 is 0 Å². The summed E-state index contributed by atoms with van der Waals surface area (Å²) in [6.45, 7) is 9.37. The van der Waals surface area contributed by atoms with Crippen LogP contribution in [0.4, 0.5) is 0 Å². The van der Waals surface area contributed by atoms with Crippen LogP contribution in [0.1, 0.15) is 72.8 Å². The van der Waals surface area contributed by atoms with Crippen LogP contribution in [0, 0.1) is 0 Å². The van der Waals surface area contributed by atoms with Crippen molar-refractivity contribution in [2.45, 2.75) is 44.7 Å². The van der Waals surface area contributed by atoms with Gasteiger partial charge in [-0.15, -0.1) is 0 Å². The van der Waals surface area contributed by atoms with E-state index in [2.05, 4.69) is 179 Å². The van der Waals surface area contributed by atoms with Crippen molar-refractivity contribution in [1.82, 2.24) is 5.32 Å². The van der Waals surface area contributed by atoms with Crippen molar-refractivity contribution in [3.05, 3.63) is 185 Å². The summed E-state index contributed by atoms with van der Waals surface area (Å²) in [5.41, 5.74) is 18.7. The van der Waals surface area contributed by atoms with E-state index in [0.717, 1.165) is 22.5 Å². The van der Waals surface area contributed by atoms with E-state index in [4.69, 9.17) is 4.99 Å². The van der Waals surface area contributed by atoms with Crippen molar-refractivity contribution >= 4 is 11.4 Å². The number of nitrogens with zero attached hydrogens (tertiary/aromatic N) is 1. The van der Waals surface area contributed by atoms with Crippen molar-refractivity contribution < 1.29 is 0 Å². The summed E-state index contributed by atoms with van der Waals surface area (Å²) in [6.07, 6.45) is 2.03. The van der Waals surface area contributed by atoms with E-state index < -0.39 is 0 Å². The Hall–Kier alpha value is -5.47. The van der Waals surface area contributed by atoms with E-state index in [0.29, 0.717) is 0 Å². The third-order valence-electron chi connectivity index (χ3n) is 10.9. The van der Waals surface area contributed by atoms with Crippen LogP contribution >= 0.6 is 0 Å². The monoisotopic (exact) mass is 618 g/mol. The second-order valence-electron chi connectivity index (χ2n) is 14.5. The Labute approximate surface area is 283 Å². The molecule has 232 valence electrons. The number of nitrogens with one attached hydrogen (secondary N) is 1. The van der Waals surface area contributed by atoms with Crippen LogP contribution < -0.4 is 5.32 Å². The van der Waals surface area contributed by atoms with Crippen LogP contribution in [0.15, 0.2) is 151 Å². The van der Waals surface area contributed by atoms with E-state index in [1.807, 2.05) is 0 Å².